The van der Waals surface area contributed by atoms with Crippen LogP contribution in [0.4, 0.5) is 4.39 Å². The molecule has 1 heterocycles. The molecule has 0 saturated carbocycles. The van der Waals surface area contributed by atoms with Crippen LogP contribution in [0.25, 0.3) is 0 Å². The van der Waals surface area contributed by atoms with Crippen LogP contribution in [-0.4, -0.2) is 41.0 Å². The molecule has 0 aliphatic carbocycles. The Morgan fingerprint density at radius 3 is 2.63 bits per heavy atom. The van der Waals surface area contributed by atoms with E-state index in [2.05, 4.69) is 4.90 Å². The van der Waals surface area contributed by atoms with E-state index in [9.17, 15) is 14.3 Å². The SMILES string of the molecule is CC1(O)CCN(CCC(=O)c2ccccc2F)CC1. The van der Waals surface area contributed by atoms with E-state index < -0.39 is 11.4 Å². The van der Waals surface area contributed by atoms with Gasteiger partial charge in [-0.15, -0.1) is 0 Å². The Morgan fingerprint density at radius 1 is 1.37 bits per heavy atom. The number of hydrogen-bond donors (Lipinski definition) is 1. The molecule has 1 aliphatic heterocycles. The summed E-state index contributed by atoms with van der Waals surface area (Å²) in [7, 11) is 0. The summed E-state index contributed by atoms with van der Waals surface area (Å²) in [5.41, 5.74) is -0.405. The fraction of sp³-hybridized carbons (Fsp3) is 0.533. The van der Waals surface area contributed by atoms with Crippen LogP contribution in [0.1, 0.15) is 36.5 Å². The van der Waals surface area contributed by atoms with Crippen molar-refractivity contribution in [3.63, 3.8) is 0 Å². The van der Waals surface area contributed by atoms with Crippen molar-refractivity contribution >= 4 is 5.78 Å². The summed E-state index contributed by atoms with van der Waals surface area (Å²) in [5.74, 6) is -0.607. The summed E-state index contributed by atoms with van der Waals surface area (Å²) in [4.78, 5) is 14.1. The molecule has 0 radical (unpaired) electrons. The lowest BCUT2D eigenvalue weighted by Crippen LogP contribution is -2.43. The van der Waals surface area contributed by atoms with Crippen molar-refractivity contribution in [3.8, 4) is 0 Å². The van der Waals surface area contributed by atoms with Crippen LogP contribution < -0.4 is 0 Å². The number of likely N-dealkylation sites (tertiary alicyclic amines) is 1. The number of piperidine rings is 1. The molecule has 1 saturated heterocycles. The minimum atomic E-state index is -0.577. The number of carbonyl (C=O) groups excluding carboxylic acids is 1. The van der Waals surface area contributed by atoms with Gasteiger partial charge in [-0.25, -0.2) is 4.39 Å². The van der Waals surface area contributed by atoms with Crippen molar-refractivity contribution in [2.45, 2.75) is 31.8 Å². The number of halogens is 1. The van der Waals surface area contributed by atoms with Crippen LogP contribution in [0.5, 0.6) is 0 Å². The van der Waals surface area contributed by atoms with Gasteiger partial charge in [-0.1, -0.05) is 12.1 Å². The molecular weight excluding hydrogens is 245 g/mol. The minimum absolute atomic E-state index is 0.157. The van der Waals surface area contributed by atoms with Crippen molar-refractivity contribution in [2.24, 2.45) is 0 Å². The molecule has 3 nitrogen and oxygen atoms in total. The fourth-order valence-electron chi connectivity index (χ4n) is 2.34. The maximum atomic E-state index is 13.4. The van der Waals surface area contributed by atoms with Crippen molar-refractivity contribution in [1.82, 2.24) is 4.90 Å². The van der Waals surface area contributed by atoms with Gasteiger partial charge in [0, 0.05) is 26.1 Å². The van der Waals surface area contributed by atoms with E-state index >= 15 is 0 Å². The topological polar surface area (TPSA) is 40.5 Å². The molecule has 0 bridgehead atoms. The quantitative estimate of drug-likeness (QED) is 0.849. The number of ketones is 1. The summed E-state index contributed by atoms with van der Waals surface area (Å²) < 4.78 is 13.4. The lowest BCUT2D eigenvalue weighted by molar-refractivity contribution is -0.00506. The molecule has 1 aliphatic rings. The summed E-state index contributed by atoms with van der Waals surface area (Å²) in [6.45, 7) is 4.05. The van der Waals surface area contributed by atoms with Gasteiger partial charge in [-0.05, 0) is 31.9 Å². The van der Waals surface area contributed by atoms with Crippen molar-refractivity contribution in [1.29, 1.82) is 0 Å². The number of benzene rings is 1. The highest BCUT2D eigenvalue weighted by molar-refractivity contribution is 5.96. The Bertz CT molecular complexity index is 449. The van der Waals surface area contributed by atoms with Gasteiger partial charge >= 0.3 is 0 Å². The standard InChI is InChI=1S/C15H20FNO2/c1-15(19)7-10-17(11-8-15)9-6-14(18)12-4-2-3-5-13(12)16/h2-5,19H,6-11H2,1H3. The van der Waals surface area contributed by atoms with Crippen LogP contribution in [0, 0.1) is 5.82 Å². The van der Waals surface area contributed by atoms with Crippen molar-refractivity contribution < 1.29 is 14.3 Å². The first-order chi connectivity index (χ1) is 8.98. The van der Waals surface area contributed by atoms with E-state index in [-0.39, 0.29) is 11.3 Å². The average Bonchev–Trinajstić information content (AvgIpc) is 2.38. The molecule has 0 unspecified atom stereocenters. The largest absolute Gasteiger partial charge is 0.390 e. The summed E-state index contributed by atoms with van der Waals surface area (Å²) in [6.07, 6.45) is 1.77. The Kier molecular flexibility index (Phi) is 4.32. The highest BCUT2D eigenvalue weighted by atomic mass is 19.1. The lowest BCUT2D eigenvalue weighted by atomic mass is 9.93. The van der Waals surface area contributed by atoms with E-state index in [4.69, 9.17) is 0 Å². The summed E-state index contributed by atoms with van der Waals surface area (Å²) in [6, 6.07) is 6.09. The smallest absolute Gasteiger partial charge is 0.167 e. The molecule has 0 atom stereocenters. The lowest BCUT2D eigenvalue weighted by Gasteiger charge is -2.35. The monoisotopic (exact) mass is 265 g/mol. The molecule has 1 aromatic carbocycles. The molecule has 19 heavy (non-hydrogen) atoms. The zero-order chi connectivity index (χ0) is 13.9. The minimum Gasteiger partial charge on any atom is -0.390 e. The number of rotatable bonds is 4. The molecule has 1 fully saturated rings. The van der Waals surface area contributed by atoms with Gasteiger partial charge in [0.2, 0.25) is 0 Å². The van der Waals surface area contributed by atoms with Crippen molar-refractivity contribution in [2.75, 3.05) is 19.6 Å². The predicted molar refractivity (Wildman–Crippen MR) is 71.6 cm³/mol. The first-order valence-corrected chi connectivity index (χ1v) is 6.70. The Labute approximate surface area is 113 Å². The van der Waals surface area contributed by atoms with Gasteiger partial charge in [0.25, 0.3) is 0 Å². The Balaban J connectivity index is 1.83. The van der Waals surface area contributed by atoms with Gasteiger partial charge in [0.15, 0.2) is 5.78 Å². The normalized spacial score (nSPS) is 19.3. The van der Waals surface area contributed by atoms with Gasteiger partial charge in [-0.3, -0.25) is 4.79 Å². The molecule has 104 valence electrons. The average molecular weight is 265 g/mol. The Morgan fingerprint density at radius 2 is 2.00 bits per heavy atom. The summed E-state index contributed by atoms with van der Waals surface area (Å²) in [5, 5.41) is 9.84. The highest BCUT2D eigenvalue weighted by Crippen LogP contribution is 2.21. The molecule has 0 amide bonds. The molecule has 0 spiro atoms. The molecule has 1 aromatic rings. The second-order valence-electron chi connectivity index (χ2n) is 5.49. The van der Waals surface area contributed by atoms with Gasteiger partial charge in [0.05, 0.1) is 11.2 Å². The number of hydrogen-bond acceptors (Lipinski definition) is 3. The maximum Gasteiger partial charge on any atom is 0.167 e. The summed E-state index contributed by atoms with van der Waals surface area (Å²) >= 11 is 0. The van der Waals surface area contributed by atoms with E-state index in [1.807, 2.05) is 6.92 Å². The van der Waals surface area contributed by atoms with Gasteiger partial charge < -0.3 is 10.0 Å². The number of Topliss-reactive ketones (excluding diaryl/α,β-unsaturated/α-hetero) is 1. The maximum absolute atomic E-state index is 13.4. The second-order valence-corrected chi connectivity index (χ2v) is 5.49. The van der Waals surface area contributed by atoms with Gasteiger partial charge in [0.1, 0.15) is 5.82 Å². The van der Waals surface area contributed by atoms with Crippen LogP contribution in [0.2, 0.25) is 0 Å². The third kappa shape index (κ3) is 3.85. The third-order valence-corrected chi connectivity index (χ3v) is 3.76. The van der Waals surface area contributed by atoms with Crippen molar-refractivity contribution in [3.05, 3.63) is 35.6 Å². The fourth-order valence-corrected chi connectivity index (χ4v) is 2.34. The molecule has 4 heteroatoms. The zero-order valence-electron chi connectivity index (χ0n) is 11.2. The van der Waals surface area contributed by atoms with Gasteiger partial charge in [-0.2, -0.15) is 0 Å². The molecular formula is C15H20FNO2. The van der Waals surface area contributed by atoms with Crippen LogP contribution >= 0.6 is 0 Å². The first kappa shape index (κ1) is 14.2. The molecule has 0 aromatic heterocycles. The number of aliphatic hydroxyl groups is 1. The van der Waals surface area contributed by atoms with Crippen LogP contribution in [0.15, 0.2) is 24.3 Å². The van der Waals surface area contributed by atoms with E-state index in [1.165, 1.54) is 12.1 Å². The Hall–Kier alpha value is -1.26. The predicted octanol–water partition coefficient (Wildman–Crippen LogP) is 2.25. The zero-order valence-corrected chi connectivity index (χ0v) is 11.2. The molecule has 1 N–H and O–H groups in total. The van der Waals surface area contributed by atoms with Crippen LogP contribution in [-0.2, 0) is 0 Å². The van der Waals surface area contributed by atoms with Crippen LogP contribution in [0.3, 0.4) is 0 Å². The number of carbonyl (C=O) groups is 1. The number of nitrogens with zero attached hydrogens (tertiary/aromatic N) is 1. The first-order valence-electron chi connectivity index (χ1n) is 6.70. The van der Waals surface area contributed by atoms with E-state index in [0.29, 0.717) is 13.0 Å². The second kappa shape index (κ2) is 5.80. The highest BCUT2D eigenvalue weighted by Gasteiger charge is 2.27. The molecule has 2 rings (SSSR count). The van der Waals surface area contributed by atoms with E-state index in [0.717, 1.165) is 25.9 Å². The third-order valence-electron chi connectivity index (χ3n) is 3.76. The van der Waals surface area contributed by atoms with E-state index in [1.54, 1.807) is 12.1 Å².